The van der Waals surface area contributed by atoms with Gasteiger partial charge in [-0.1, -0.05) is 30.3 Å². The fraction of sp³-hybridized carbons (Fsp3) is 0.308. The monoisotopic (exact) mass is 500 g/mol. The van der Waals surface area contributed by atoms with Crippen LogP contribution < -0.4 is 10.3 Å². The molecule has 0 atom stereocenters. The minimum absolute atomic E-state index is 0.0215. The van der Waals surface area contributed by atoms with E-state index in [0.717, 1.165) is 5.56 Å². The third-order valence-electron chi connectivity index (χ3n) is 6.32. The van der Waals surface area contributed by atoms with Gasteiger partial charge in [-0.3, -0.25) is 14.0 Å². The molecule has 1 fully saturated rings. The Balaban J connectivity index is 1.31. The number of piperidine rings is 1. The molecule has 4 aromatic rings. The van der Waals surface area contributed by atoms with Gasteiger partial charge < -0.3 is 4.74 Å². The van der Waals surface area contributed by atoms with Crippen LogP contribution in [0.3, 0.4) is 0 Å². The standard InChI is InChI=1S/C26H24F4N4O2/c27-25(28)10-4-11-26(29,30)34(25)14-13-33-23-8-7-21(15-20(23)17-31-33)32-12-9-22(16-24(32)35)36-18-19-5-2-1-3-6-19/h1-3,5-9,12,15-17H,4,10-11,13-14,18H2. The lowest BCUT2D eigenvalue weighted by atomic mass is 10.1. The Morgan fingerprint density at radius 2 is 1.67 bits per heavy atom. The fourth-order valence-corrected chi connectivity index (χ4v) is 4.45. The maximum absolute atomic E-state index is 14.1. The van der Waals surface area contributed by atoms with E-state index in [-0.39, 0.29) is 23.4 Å². The summed E-state index contributed by atoms with van der Waals surface area (Å²) in [6.07, 6.45) is 1.74. The van der Waals surface area contributed by atoms with Gasteiger partial charge in [-0.15, -0.1) is 0 Å². The Kier molecular flexibility index (Phi) is 6.29. The second-order valence-electron chi connectivity index (χ2n) is 8.79. The fourth-order valence-electron chi connectivity index (χ4n) is 4.45. The number of aromatic nitrogens is 3. The number of ether oxygens (including phenoxy) is 1. The molecule has 1 saturated heterocycles. The van der Waals surface area contributed by atoms with Gasteiger partial charge in [-0.25, -0.2) is 0 Å². The highest BCUT2D eigenvalue weighted by Crippen LogP contribution is 2.42. The summed E-state index contributed by atoms with van der Waals surface area (Å²) in [5, 5.41) is 4.85. The van der Waals surface area contributed by atoms with Crippen LogP contribution in [-0.2, 0) is 13.2 Å². The molecule has 0 spiro atoms. The first-order chi connectivity index (χ1) is 17.2. The van der Waals surface area contributed by atoms with Gasteiger partial charge in [0.15, 0.2) is 0 Å². The van der Waals surface area contributed by atoms with E-state index in [4.69, 9.17) is 4.74 Å². The summed E-state index contributed by atoms with van der Waals surface area (Å²) in [4.78, 5) is 12.7. The third-order valence-corrected chi connectivity index (χ3v) is 6.32. The Hall–Kier alpha value is -3.66. The van der Waals surface area contributed by atoms with Crippen molar-refractivity contribution in [1.29, 1.82) is 0 Å². The Morgan fingerprint density at radius 3 is 2.39 bits per heavy atom. The van der Waals surface area contributed by atoms with E-state index in [1.165, 1.54) is 21.5 Å². The molecule has 36 heavy (non-hydrogen) atoms. The Labute approximate surface area is 204 Å². The van der Waals surface area contributed by atoms with Crippen molar-refractivity contribution >= 4 is 10.9 Å². The molecule has 1 aliphatic rings. The molecule has 0 amide bonds. The van der Waals surface area contributed by atoms with E-state index in [0.29, 0.717) is 28.9 Å². The highest BCUT2D eigenvalue weighted by molar-refractivity contribution is 5.80. The Bertz CT molecular complexity index is 1400. The number of rotatable bonds is 7. The lowest BCUT2D eigenvalue weighted by molar-refractivity contribution is -0.300. The average molecular weight is 500 g/mol. The molecule has 0 saturated carbocycles. The molecule has 10 heteroatoms. The number of nitrogens with zero attached hydrogens (tertiary/aromatic N) is 4. The number of pyridine rings is 1. The molecule has 188 valence electrons. The zero-order valence-corrected chi connectivity index (χ0v) is 19.3. The van der Waals surface area contributed by atoms with Crippen LogP contribution >= 0.6 is 0 Å². The average Bonchev–Trinajstić information content (AvgIpc) is 3.24. The lowest BCUT2D eigenvalue weighted by Gasteiger charge is -2.40. The number of benzene rings is 2. The van der Waals surface area contributed by atoms with E-state index in [9.17, 15) is 22.4 Å². The summed E-state index contributed by atoms with van der Waals surface area (Å²) in [6.45, 7) is -0.325. The van der Waals surface area contributed by atoms with Crippen LogP contribution in [0, 0.1) is 0 Å². The minimum Gasteiger partial charge on any atom is -0.489 e. The normalized spacial score (nSPS) is 17.3. The first kappa shape index (κ1) is 24.1. The van der Waals surface area contributed by atoms with Crippen LogP contribution in [0.1, 0.15) is 24.8 Å². The molecule has 0 aliphatic carbocycles. The summed E-state index contributed by atoms with van der Waals surface area (Å²) in [5.41, 5.74) is 1.87. The summed E-state index contributed by atoms with van der Waals surface area (Å²) < 4.78 is 65.1. The van der Waals surface area contributed by atoms with Gasteiger partial charge in [0.1, 0.15) is 12.4 Å². The molecule has 0 N–H and O–H groups in total. The topological polar surface area (TPSA) is 52.3 Å². The van der Waals surface area contributed by atoms with Gasteiger partial charge in [0, 0.05) is 42.7 Å². The van der Waals surface area contributed by atoms with Crippen LogP contribution in [0.2, 0.25) is 0 Å². The van der Waals surface area contributed by atoms with Crippen molar-refractivity contribution in [2.24, 2.45) is 0 Å². The van der Waals surface area contributed by atoms with Crippen LogP contribution in [0.5, 0.6) is 5.75 Å². The van der Waals surface area contributed by atoms with E-state index in [1.807, 2.05) is 30.3 Å². The molecule has 2 aromatic carbocycles. The maximum Gasteiger partial charge on any atom is 0.309 e. The first-order valence-electron chi connectivity index (χ1n) is 11.6. The van der Waals surface area contributed by atoms with E-state index >= 15 is 0 Å². The van der Waals surface area contributed by atoms with Crippen molar-refractivity contribution in [3.8, 4) is 11.4 Å². The molecule has 0 radical (unpaired) electrons. The number of halogens is 4. The second kappa shape index (κ2) is 9.42. The van der Waals surface area contributed by atoms with Crippen molar-refractivity contribution in [3.05, 3.63) is 89.0 Å². The summed E-state index contributed by atoms with van der Waals surface area (Å²) in [7, 11) is 0. The SMILES string of the molecule is O=c1cc(OCc2ccccc2)ccn1-c1ccc2c(cnn2CCN2C(F)(F)CCCC2(F)F)c1. The predicted octanol–water partition coefficient (Wildman–Crippen LogP) is 5.44. The second-order valence-corrected chi connectivity index (χ2v) is 8.79. The predicted molar refractivity (Wildman–Crippen MR) is 127 cm³/mol. The number of alkyl halides is 4. The van der Waals surface area contributed by atoms with Crippen molar-refractivity contribution < 1.29 is 22.3 Å². The van der Waals surface area contributed by atoms with Crippen LogP contribution in [0.25, 0.3) is 16.6 Å². The quantitative estimate of drug-likeness (QED) is 0.251. The summed E-state index contributed by atoms with van der Waals surface area (Å²) >= 11 is 0. The lowest BCUT2D eigenvalue weighted by Crippen LogP contribution is -2.56. The van der Waals surface area contributed by atoms with Crippen LogP contribution in [0.4, 0.5) is 17.6 Å². The largest absolute Gasteiger partial charge is 0.489 e. The molecule has 3 heterocycles. The third kappa shape index (κ3) is 4.86. The van der Waals surface area contributed by atoms with E-state index in [1.54, 1.807) is 30.5 Å². The molecule has 1 aliphatic heterocycles. The number of hydrogen-bond acceptors (Lipinski definition) is 4. The maximum atomic E-state index is 14.1. The van der Waals surface area contributed by atoms with Gasteiger partial charge in [0.2, 0.25) is 0 Å². The van der Waals surface area contributed by atoms with Crippen molar-refractivity contribution in [1.82, 2.24) is 19.2 Å². The molecule has 6 nitrogen and oxygen atoms in total. The van der Waals surface area contributed by atoms with E-state index in [2.05, 4.69) is 5.10 Å². The Morgan fingerprint density at radius 1 is 0.917 bits per heavy atom. The van der Waals surface area contributed by atoms with Gasteiger partial charge in [0.05, 0.1) is 18.3 Å². The summed E-state index contributed by atoms with van der Waals surface area (Å²) in [6, 6.07) is 10.7. The number of likely N-dealkylation sites (tertiary alicyclic amines) is 1. The molecule has 2 aromatic heterocycles. The number of fused-ring (bicyclic) bond motifs is 1. The minimum atomic E-state index is -3.56. The number of hydrogen-bond donors (Lipinski definition) is 0. The van der Waals surface area contributed by atoms with Crippen molar-refractivity contribution in [2.75, 3.05) is 6.54 Å². The van der Waals surface area contributed by atoms with Crippen LogP contribution in [0.15, 0.2) is 77.9 Å². The van der Waals surface area contributed by atoms with Gasteiger partial charge in [0.25, 0.3) is 5.56 Å². The highest BCUT2D eigenvalue weighted by atomic mass is 19.3. The molecular formula is C26H24F4N4O2. The van der Waals surface area contributed by atoms with Crippen LogP contribution in [-0.4, -0.2) is 37.9 Å². The van der Waals surface area contributed by atoms with Gasteiger partial charge in [-0.05, 0) is 36.2 Å². The zero-order chi connectivity index (χ0) is 25.3. The van der Waals surface area contributed by atoms with Crippen molar-refractivity contribution in [2.45, 2.75) is 44.5 Å². The molecule has 0 bridgehead atoms. The first-order valence-corrected chi connectivity index (χ1v) is 11.6. The zero-order valence-electron chi connectivity index (χ0n) is 19.3. The summed E-state index contributed by atoms with van der Waals surface area (Å²) in [5.74, 6) is 0.445. The molecule has 0 unspecified atom stereocenters. The van der Waals surface area contributed by atoms with E-state index < -0.39 is 31.5 Å². The van der Waals surface area contributed by atoms with Gasteiger partial charge >= 0.3 is 12.1 Å². The molecular weight excluding hydrogens is 476 g/mol. The van der Waals surface area contributed by atoms with Crippen molar-refractivity contribution in [3.63, 3.8) is 0 Å². The highest BCUT2D eigenvalue weighted by Gasteiger charge is 2.54. The molecule has 5 rings (SSSR count). The smallest absolute Gasteiger partial charge is 0.309 e. The van der Waals surface area contributed by atoms with Gasteiger partial charge in [-0.2, -0.15) is 27.6 Å².